The van der Waals surface area contributed by atoms with Crippen molar-refractivity contribution in [1.82, 2.24) is 4.98 Å². The number of halogens is 1. The Labute approximate surface area is 90.5 Å². The molecule has 13 heavy (non-hydrogen) atoms. The molecule has 1 aliphatic rings. The first-order valence-electron chi connectivity index (χ1n) is 4.48. The van der Waals surface area contributed by atoms with Gasteiger partial charge in [-0.15, -0.1) is 11.3 Å². The lowest BCUT2D eigenvalue weighted by Gasteiger charge is -2.19. The zero-order valence-electron chi connectivity index (χ0n) is 7.33. The van der Waals surface area contributed by atoms with Crippen LogP contribution in [-0.4, -0.2) is 18.2 Å². The van der Waals surface area contributed by atoms with Gasteiger partial charge in [0.2, 0.25) is 0 Å². The van der Waals surface area contributed by atoms with E-state index in [0.717, 1.165) is 31.4 Å². The minimum atomic E-state index is 0.637. The number of thiazole rings is 1. The van der Waals surface area contributed by atoms with Crippen LogP contribution in [-0.2, 0) is 10.1 Å². The van der Waals surface area contributed by atoms with E-state index in [4.69, 9.17) is 4.74 Å². The summed E-state index contributed by atoms with van der Waals surface area (Å²) in [6, 6.07) is 0. The lowest BCUT2D eigenvalue weighted by Crippen LogP contribution is -2.14. The van der Waals surface area contributed by atoms with Crippen molar-refractivity contribution in [2.24, 2.45) is 0 Å². The van der Waals surface area contributed by atoms with E-state index >= 15 is 0 Å². The number of nitrogens with zero attached hydrogens (tertiary/aromatic N) is 1. The Morgan fingerprint density at radius 2 is 2.31 bits per heavy atom. The number of hydrogen-bond donors (Lipinski definition) is 0. The molecule has 2 nitrogen and oxygen atoms in total. The van der Waals surface area contributed by atoms with Gasteiger partial charge in [0.05, 0.1) is 11.0 Å². The Balaban J connectivity index is 2.05. The van der Waals surface area contributed by atoms with Gasteiger partial charge in [0, 0.05) is 24.5 Å². The van der Waals surface area contributed by atoms with Gasteiger partial charge in [0.15, 0.2) is 0 Å². The average molecular weight is 262 g/mol. The second-order valence-electron chi connectivity index (χ2n) is 3.19. The predicted octanol–water partition coefficient (Wildman–Crippen LogP) is 2.93. The normalized spacial score (nSPS) is 19.2. The number of hydrogen-bond acceptors (Lipinski definition) is 3. The van der Waals surface area contributed by atoms with Gasteiger partial charge in [0.1, 0.15) is 5.01 Å². The van der Waals surface area contributed by atoms with Crippen LogP contribution in [0.1, 0.15) is 29.5 Å². The minimum absolute atomic E-state index is 0.637. The number of ether oxygens (including phenoxy) is 1. The van der Waals surface area contributed by atoms with Crippen molar-refractivity contribution in [2.45, 2.75) is 24.1 Å². The quantitative estimate of drug-likeness (QED) is 0.764. The third-order valence-corrected chi connectivity index (χ3v) is 4.09. The van der Waals surface area contributed by atoms with E-state index in [1.165, 1.54) is 10.7 Å². The van der Waals surface area contributed by atoms with E-state index in [9.17, 15) is 0 Å². The largest absolute Gasteiger partial charge is 0.381 e. The molecule has 0 atom stereocenters. The van der Waals surface area contributed by atoms with Crippen LogP contribution in [0.2, 0.25) is 0 Å². The maximum atomic E-state index is 5.32. The van der Waals surface area contributed by atoms with E-state index < -0.39 is 0 Å². The predicted molar refractivity (Wildman–Crippen MR) is 57.5 cm³/mol. The van der Waals surface area contributed by atoms with E-state index in [2.05, 4.69) is 26.3 Å². The Kier molecular flexibility index (Phi) is 3.35. The smallest absolute Gasteiger partial charge is 0.103 e. The molecule has 0 saturated carbocycles. The van der Waals surface area contributed by atoms with E-state index in [1.807, 2.05) is 0 Å². The molecule has 72 valence electrons. The Bertz CT molecular complexity index is 270. The van der Waals surface area contributed by atoms with Crippen LogP contribution in [0.25, 0.3) is 0 Å². The fraction of sp³-hybridized carbons (Fsp3) is 0.667. The SMILES string of the molecule is BrCc1nc(C2CCOCC2)cs1. The lowest BCUT2D eigenvalue weighted by atomic mass is 9.98. The van der Waals surface area contributed by atoms with Crippen LogP contribution in [0.3, 0.4) is 0 Å². The molecule has 1 fully saturated rings. The maximum Gasteiger partial charge on any atom is 0.103 e. The van der Waals surface area contributed by atoms with Gasteiger partial charge >= 0.3 is 0 Å². The van der Waals surface area contributed by atoms with Crippen molar-refractivity contribution < 1.29 is 4.74 Å². The summed E-state index contributed by atoms with van der Waals surface area (Å²) >= 11 is 5.16. The highest BCUT2D eigenvalue weighted by molar-refractivity contribution is 9.08. The van der Waals surface area contributed by atoms with E-state index in [1.54, 1.807) is 11.3 Å². The first-order valence-corrected chi connectivity index (χ1v) is 6.48. The van der Waals surface area contributed by atoms with Crippen molar-refractivity contribution in [3.63, 3.8) is 0 Å². The zero-order chi connectivity index (χ0) is 9.10. The topological polar surface area (TPSA) is 22.1 Å². The molecule has 0 amide bonds. The summed E-state index contributed by atoms with van der Waals surface area (Å²) in [5.74, 6) is 0.637. The van der Waals surface area contributed by atoms with Crippen molar-refractivity contribution in [1.29, 1.82) is 0 Å². The summed E-state index contributed by atoms with van der Waals surface area (Å²) in [6.45, 7) is 1.79. The fourth-order valence-electron chi connectivity index (χ4n) is 1.57. The molecule has 2 heterocycles. The molecular weight excluding hydrogens is 250 g/mol. The molecule has 1 aromatic rings. The maximum absolute atomic E-state index is 5.32. The summed E-state index contributed by atoms with van der Waals surface area (Å²) in [6.07, 6.45) is 2.26. The Morgan fingerprint density at radius 1 is 1.54 bits per heavy atom. The van der Waals surface area contributed by atoms with Crippen LogP contribution in [0.15, 0.2) is 5.38 Å². The second-order valence-corrected chi connectivity index (χ2v) is 4.69. The van der Waals surface area contributed by atoms with Gasteiger partial charge in [-0.3, -0.25) is 0 Å². The third kappa shape index (κ3) is 2.30. The summed E-state index contributed by atoms with van der Waals surface area (Å²) in [7, 11) is 0. The van der Waals surface area contributed by atoms with Gasteiger partial charge in [-0.1, -0.05) is 15.9 Å². The molecule has 2 rings (SSSR count). The molecule has 1 aromatic heterocycles. The first kappa shape index (κ1) is 9.62. The highest BCUT2D eigenvalue weighted by Gasteiger charge is 2.18. The van der Waals surface area contributed by atoms with Gasteiger partial charge in [-0.05, 0) is 12.8 Å². The lowest BCUT2D eigenvalue weighted by molar-refractivity contribution is 0.0846. The number of rotatable bonds is 2. The highest BCUT2D eigenvalue weighted by atomic mass is 79.9. The molecule has 0 N–H and O–H groups in total. The first-order chi connectivity index (χ1) is 6.40. The highest BCUT2D eigenvalue weighted by Crippen LogP contribution is 2.28. The molecule has 4 heteroatoms. The molecule has 0 unspecified atom stereocenters. The van der Waals surface area contributed by atoms with Crippen molar-refractivity contribution in [3.05, 3.63) is 16.1 Å². The summed E-state index contributed by atoms with van der Waals surface area (Å²) < 4.78 is 5.32. The summed E-state index contributed by atoms with van der Waals surface area (Å²) in [5.41, 5.74) is 1.27. The minimum Gasteiger partial charge on any atom is -0.381 e. The van der Waals surface area contributed by atoms with Gasteiger partial charge < -0.3 is 4.74 Å². The average Bonchev–Trinajstić information content (AvgIpc) is 2.67. The van der Waals surface area contributed by atoms with Crippen molar-refractivity contribution >= 4 is 27.3 Å². The van der Waals surface area contributed by atoms with Crippen LogP contribution >= 0.6 is 27.3 Å². The molecular formula is C9H12BrNOS. The zero-order valence-corrected chi connectivity index (χ0v) is 9.73. The molecule has 0 aromatic carbocycles. The van der Waals surface area contributed by atoms with Crippen LogP contribution in [0, 0.1) is 0 Å². The van der Waals surface area contributed by atoms with E-state index in [-0.39, 0.29) is 0 Å². The van der Waals surface area contributed by atoms with Crippen LogP contribution < -0.4 is 0 Å². The van der Waals surface area contributed by atoms with Crippen LogP contribution in [0.4, 0.5) is 0 Å². The number of aromatic nitrogens is 1. The fourth-order valence-corrected chi connectivity index (χ4v) is 2.81. The van der Waals surface area contributed by atoms with Gasteiger partial charge in [-0.2, -0.15) is 0 Å². The molecule has 0 aliphatic carbocycles. The number of alkyl halides is 1. The molecule has 0 radical (unpaired) electrons. The molecule has 0 spiro atoms. The third-order valence-electron chi connectivity index (χ3n) is 2.32. The monoisotopic (exact) mass is 261 g/mol. The van der Waals surface area contributed by atoms with Crippen molar-refractivity contribution in [3.8, 4) is 0 Å². The molecule has 1 saturated heterocycles. The summed E-state index contributed by atoms with van der Waals surface area (Å²) in [4.78, 5) is 4.57. The summed E-state index contributed by atoms with van der Waals surface area (Å²) in [5, 5.41) is 4.24. The Morgan fingerprint density at radius 3 is 2.92 bits per heavy atom. The second kappa shape index (κ2) is 4.53. The Hall–Kier alpha value is 0.0700. The standard InChI is InChI=1S/C9H12BrNOS/c10-5-9-11-8(6-13-9)7-1-3-12-4-2-7/h6-7H,1-5H2. The van der Waals surface area contributed by atoms with Gasteiger partial charge in [0.25, 0.3) is 0 Å². The molecule has 0 bridgehead atoms. The van der Waals surface area contributed by atoms with Crippen molar-refractivity contribution in [2.75, 3.05) is 13.2 Å². The van der Waals surface area contributed by atoms with Crippen LogP contribution in [0.5, 0.6) is 0 Å². The molecule has 1 aliphatic heterocycles. The van der Waals surface area contributed by atoms with E-state index in [0.29, 0.717) is 5.92 Å². The van der Waals surface area contributed by atoms with Gasteiger partial charge in [-0.25, -0.2) is 4.98 Å².